The first-order valence-electron chi connectivity index (χ1n) is 14.5. The summed E-state index contributed by atoms with van der Waals surface area (Å²) in [4.78, 5) is 22.3. The number of ether oxygens (including phenoxy) is 3. The smallest absolute Gasteiger partial charge is 0.266 e. The van der Waals surface area contributed by atoms with Crippen molar-refractivity contribution in [3.05, 3.63) is 104 Å². The normalized spacial score (nSPS) is 17.5. The predicted octanol–water partition coefficient (Wildman–Crippen LogP) is 6.09. The van der Waals surface area contributed by atoms with Gasteiger partial charge in [-0.15, -0.1) is 0 Å². The van der Waals surface area contributed by atoms with Gasteiger partial charge in [0.25, 0.3) is 5.91 Å². The lowest BCUT2D eigenvalue weighted by Gasteiger charge is -2.31. The third-order valence-electron chi connectivity index (χ3n) is 6.92. The SMILES string of the molecule is CC(C)OCCCNNC(=O)[C@@]1(Cc2ccccc2Br)N=C(c2ccc(OCCCO)cc2)O[C@H]1c1ccccc1N=[N+]=[N-]. The zero-order valence-electron chi connectivity index (χ0n) is 24.8. The van der Waals surface area contributed by atoms with E-state index in [0.717, 1.165) is 10.0 Å². The highest BCUT2D eigenvalue weighted by Crippen LogP contribution is 2.46. The van der Waals surface area contributed by atoms with Crippen molar-refractivity contribution in [2.24, 2.45) is 10.1 Å². The van der Waals surface area contributed by atoms with Crippen LogP contribution < -0.4 is 15.6 Å². The molecule has 0 aromatic heterocycles. The average Bonchev–Trinajstić information content (AvgIpc) is 3.41. The van der Waals surface area contributed by atoms with Gasteiger partial charge in [0, 0.05) is 58.8 Å². The van der Waals surface area contributed by atoms with Crippen LogP contribution in [0.5, 0.6) is 5.75 Å². The molecule has 1 aliphatic rings. The predicted molar refractivity (Wildman–Crippen MR) is 172 cm³/mol. The first-order chi connectivity index (χ1) is 21.4. The summed E-state index contributed by atoms with van der Waals surface area (Å²) in [6, 6.07) is 21.9. The Balaban J connectivity index is 1.75. The van der Waals surface area contributed by atoms with E-state index in [1.165, 1.54) is 0 Å². The first-order valence-corrected chi connectivity index (χ1v) is 15.3. The number of nitrogens with one attached hydrogen (secondary N) is 2. The fraction of sp³-hybridized carbons (Fsp3) is 0.375. The zero-order chi connectivity index (χ0) is 31.4. The number of azide groups is 1. The highest BCUT2D eigenvalue weighted by Gasteiger charge is 2.54. The summed E-state index contributed by atoms with van der Waals surface area (Å²) >= 11 is 3.63. The second-order valence-electron chi connectivity index (χ2n) is 10.5. The van der Waals surface area contributed by atoms with Crippen molar-refractivity contribution in [1.82, 2.24) is 10.9 Å². The maximum atomic E-state index is 14.3. The molecule has 232 valence electrons. The molecule has 1 amide bonds. The maximum absolute atomic E-state index is 14.3. The van der Waals surface area contributed by atoms with Crippen LogP contribution in [0.15, 0.2) is 87.4 Å². The van der Waals surface area contributed by atoms with Crippen molar-refractivity contribution in [3.8, 4) is 5.75 Å². The Morgan fingerprint density at radius 2 is 1.86 bits per heavy atom. The summed E-state index contributed by atoms with van der Waals surface area (Å²) in [5.41, 5.74) is 16.1. The minimum Gasteiger partial charge on any atom is -0.494 e. The van der Waals surface area contributed by atoms with E-state index in [4.69, 9.17) is 24.3 Å². The van der Waals surface area contributed by atoms with Crippen LogP contribution in [-0.4, -0.2) is 54.9 Å². The molecule has 0 unspecified atom stereocenters. The average molecular weight is 666 g/mol. The summed E-state index contributed by atoms with van der Waals surface area (Å²) in [6.07, 6.45) is 0.585. The van der Waals surface area contributed by atoms with Gasteiger partial charge in [-0.1, -0.05) is 63.5 Å². The molecule has 0 fully saturated rings. The van der Waals surface area contributed by atoms with Crippen molar-refractivity contribution in [2.75, 3.05) is 26.4 Å². The second-order valence-corrected chi connectivity index (χ2v) is 11.3. The van der Waals surface area contributed by atoms with Crippen LogP contribution in [0.2, 0.25) is 0 Å². The van der Waals surface area contributed by atoms with Gasteiger partial charge < -0.3 is 19.3 Å². The monoisotopic (exact) mass is 664 g/mol. The molecule has 12 heteroatoms. The van der Waals surface area contributed by atoms with Crippen LogP contribution in [0.3, 0.4) is 0 Å². The lowest BCUT2D eigenvalue weighted by molar-refractivity contribution is -0.130. The highest BCUT2D eigenvalue weighted by atomic mass is 79.9. The first kappa shape index (κ1) is 33.0. The zero-order valence-corrected chi connectivity index (χ0v) is 26.4. The number of hydrazine groups is 1. The Morgan fingerprint density at radius 3 is 2.59 bits per heavy atom. The second kappa shape index (κ2) is 16.2. The Hall–Kier alpha value is -3.93. The molecule has 3 aromatic rings. The Kier molecular flexibility index (Phi) is 12.2. The van der Waals surface area contributed by atoms with Crippen molar-refractivity contribution < 1.29 is 24.1 Å². The van der Waals surface area contributed by atoms with E-state index in [1.807, 2.05) is 50.2 Å². The number of aliphatic hydroxyl groups is 1. The third-order valence-corrected chi connectivity index (χ3v) is 7.69. The molecule has 1 heterocycles. The number of carbonyl (C=O) groups excluding carboxylic acids is 1. The summed E-state index contributed by atoms with van der Waals surface area (Å²) in [5.74, 6) is 0.492. The molecule has 2 atom stereocenters. The van der Waals surface area contributed by atoms with Gasteiger partial charge in [-0.3, -0.25) is 10.2 Å². The van der Waals surface area contributed by atoms with E-state index in [9.17, 15) is 10.3 Å². The molecular formula is C32H37BrN6O5. The van der Waals surface area contributed by atoms with E-state index >= 15 is 0 Å². The van der Waals surface area contributed by atoms with E-state index in [0.29, 0.717) is 55.2 Å². The van der Waals surface area contributed by atoms with Crippen molar-refractivity contribution >= 4 is 33.4 Å². The van der Waals surface area contributed by atoms with E-state index in [1.54, 1.807) is 36.4 Å². The van der Waals surface area contributed by atoms with E-state index in [2.05, 4.69) is 36.8 Å². The fourth-order valence-corrected chi connectivity index (χ4v) is 5.20. The summed E-state index contributed by atoms with van der Waals surface area (Å²) in [5, 5.41) is 12.9. The number of halogens is 1. The van der Waals surface area contributed by atoms with Crippen LogP contribution >= 0.6 is 15.9 Å². The minimum atomic E-state index is -1.49. The molecule has 11 nitrogen and oxygen atoms in total. The van der Waals surface area contributed by atoms with Gasteiger partial charge in [-0.05, 0) is 61.7 Å². The number of benzene rings is 3. The largest absolute Gasteiger partial charge is 0.494 e. The molecule has 0 bridgehead atoms. The van der Waals surface area contributed by atoms with Crippen molar-refractivity contribution in [1.29, 1.82) is 0 Å². The Morgan fingerprint density at radius 1 is 1.11 bits per heavy atom. The third kappa shape index (κ3) is 8.37. The number of amides is 1. The molecule has 0 spiro atoms. The molecule has 0 saturated carbocycles. The number of aliphatic hydroxyl groups excluding tert-OH is 1. The van der Waals surface area contributed by atoms with Gasteiger partial charge in [0.05, 0.1) is 12.7 Å². The topological polar surface area (TPSA) is 150 Å². The van der Waals surface area contributed by atoms with Crippen LogP contribution in [-0.2, 0) is 20.7 Å². The minimum absolute atomic E-state index is 0.0453. The van der Waals surface area contributed by atoms with Crippen LogP contribution in [0.1, 0.15) is 49.5 Å². The number of nitrogens with zero attached hydrogens (tertiary/aromatic N) is 4. The van der Waals surface area contributed by atoms with Crippen LogP contribution in [0, 0.1) is 0 Å². The molecule has 44 heavy (non-hydrogen) atoms. The summed E-state index contributed by atoms with van der Waals surface area (Å²) in [7, 11) is 0. The van der Waals surface area contributed by atoms with Gasteiger partial charge in [-0.25, -0.2) is 10.4 Å². The van der Waals surface area contributed by atoms with Crippen LogP contribution in [0.25, 0.3) is 10.4 Å². The summed E-state index contributed by atoms with van der Waals surface area (Å²) < 4.78 is 18.7. The summed E-state index contributed by atoms with van der Waals surface area (Å²) in [6.45, 7) is 5.42. The number of rotatable bonds is 16. The maximum Gasteiger partial charge on any atom is 0.266 e. The molecule has 3 aromatic carbocycles. The lowest BCUT2D eigenvalue weighted by Crippen LogP contribution is -2.54. The molecule has 0 saturated heterocycles. The number of hydrogen-bond acceptors (Lipinski definition) is 8. The van der Waals surface area contributed by atoms with Gasteiger partial charge in [0.15, 0.2) is 11.6 Å². The van der Waals surface area contributed by atoms with Crippen LogP contribution in [0.4, 0.5) is 5.69 Å². The lowest BCUT2D eigenvalue weighted by atomic mass is 9.81. The Bertz CT molecular complexity index is 1480. The highest BCUT2D eigenvalue weighted by molar-refractivity contribution is 9.10. The van der Waals surface area contributed by atoms with Crippen molar-refractivity contribution in [3.63, 3.8) is 0 Å². The van der Waals surface area contributed by atoms with E-state index < -0.39 is 17.6 Å². The van der Waals surface area contributed by atoms with Gasteiger partial charge in [0.2, 0.25) is 5.90 Å². The van der Waals surface area contributed by atoms with Crippen molar-refractivity contribution in [2.45, 2.75) is 50.9 Å². The number of hydrogen-bond donors (Lipinski definition) is 3. The van der Waals surface area contributed by atoms with Gasteiger partial charge in [0.1, 0.15) is 5.75 Å². The molecular weight excluding hydrogens is 628 g/mol. The fourth-order valence-electron chi connectivity index (χ4n) is 4.77. The number of carbonyl (C=O) groups is 1. The quantitative estimate of drug-likeness (QED) is 0.0555. The molecule has 3 N–H and O–H groups in total. The number of aliphatic imine (C=N–C) groups is 1. The molecule has 0 radical (unpaired) electrons. The standard InChI is InChI=1S/C32H37BrN6O5/c1-22(2)42-19-7-17-35-38-31(41)32(21-24-9-3-5-11-27(24)33)29(26-10-4-6-12-28(26)37-39-34)44-30(36-32)23-13-15-25(16-14-23)43-20-8-18-40/h3-6,9-16,22,29,35,40H,7-8,17-21H2,1-2H3,(H,38,41)/t29-,32-/m0/s1. The molecule has 4 rings (SSSR count). The van der Waals surface area contributed by atoms with Gasteiger partial charge >= 0.3 is 0 Å². The molecule has 1 aliphatic heterocycles. The van der Waals surface area contributed by atoms with E-state index in [-0.39, 0.29) is 25.0 Å². The Labute approximate surface area is 265 Å². The molecule has 0 aliphatic carbocycles. The van der Waals surface area contributed by atoms with Gasteiger partial charge in [-0.2, -0.15) is 0 Å².